The van der Waals surface area contributed by atoms with Crippen LogP contribution in [0.3, 0.4) is 0 Å². The number of hydrogen-bond donors (Lipinski definition) is 2. The number of carbonyl (C=O) groups is 2. The molecule has 0 bridgehead atoms. The SMILES string of the molecule is O=C1N[C@H]2[C@H](CS[C@H]2CCCCCOc2ccc(C(=O)[B-](F)(F)F)cc2)N1. The third-order valence-electron chi connectivity index (χ3n) is 4.78. The Bertz CT molecular complexity index is 687. The highest BCUT2D eigenvalue weighted by Crippen LogP contribution is 2.33. The Labute approximate surface area is 159 Å². The normalized spacial score (nSPS) is 24.3. The second-order valence-electron chi connectivity index (χ2n) is 6.78. The molecule has 2 aliphatic rings. The van der Waals surface area contributed by atoms with Crippen molar-refractivity contribution in [1.82, 2.24) is 10.6 Å². The summed E-state index contributed by atoms with van der Waals surface area (Å²) in [6.07, 6.45) is 3.87. The van der Waals surface area contributed by atoms with E-state index in [1.807, 2.05) is 11.8 Å². The van der Waals surface area contributed by atoms with Crippen molar-refractivity contribution >= 4 is 30.5 Å². The van der Waals surface area contributed by atoms with E-state index in [0.717, 1.165) is 43.6 Å². The van der Waals surface area contributed by atoms with Gasteiger partial charge in [-0.25, -0.2) is 4.79 Å². The second kappa shape index (κ2) is 8.45. The number of amides is 2. The molecule has 0 saturated carbocycles. The molecule has 2 N–H and O–H groups in total. The van der Waals surface area contributed by atoms with Gasteiger partial charge < -0.3 is 33.1 Å². The molecule has 0 spiro atoms. The minimum atomic E-state index is -5.51. The lowest BCUT2D eigenvalue weighted by molar-refractivity contribution is 0.102. The summed E-state index contributed by atoms with van der Waals surface area (Å²) in [5, 5.41) is 6.33. The molecule has 2 aliphatic heterocycles. The zero-order valence-electron chi connectivity index (χ0n) is 14.6. The van der Waals surface area contributed by atoms with Gasteiger partial charge in [-0.1, -0.05) is 25.0 Å². The van der Waals surface area contributed by atoms with Crippen LogP contribution in [0.1, 0.15) is 36.0 Å². The number of ether oxygens (including phenoxy) is 1. The van der Waals surface area contributed by atoms with Crippen molar-refractivity contribution in [1.29, 1.82) is 0 Å². The number of rotatable bonds is 9. The van der Waals surface area contributed by atoms with Gasteiger partial charge in [0.15, 0.2) is 0 Å². The largest absolute Gasteiger partial charge is 0.549 e. The number of fused-ring (bicyclic) bond motifs is 1. The molecule has 10 heteroatoms. The maximum atomic E-state index is 12.4. The number of carbonyl (C=O) groups excluding carboxylic acids is 2. The van der Waals surface area contributed by atoms with Crippen LogP contribution in [0.4, 0.5) is 17.7 Å². The van der Waals surface area contributed by atoms with Crippen LogP contribution >= 0.6 is 11.8 Å². The summed E-state index contributed by atoms with van der Waals surface area (Å²) >= 11 is 1.89. The number of benzene rings is 1. The van der Waals surface area contributed by atoms with Gasteiger partial charge in [-0.3, -0.25) is 0 Å². The monoisotopic (exact) mass is 401 g/mol. The Hall–Kier alpha value is -1.84. The van der Waals surface area contributed by atoms with Gasteiger partial charge in [0.2, 0.25) is 0 Å². The standard InChI is InChI=1S/C17H21BF3N2O3S/c19-18(20,21)16(24)11-5-7-12(8-6-11)26-9-3-1-2-4-14-15-13(10-27-14)22-17(25)23-15/h5-8,13-15H,1-4,9-10H2,(H2,22,23,25)/q-1/t13-,14-,15-/m0/s1. The van der Waals surface area contributed by atoms with E-state index in [9.17, 15) is 22.5 Å². The van der Waals surface area contributed by atoms with E-state index >= 15 is 0 Å². The summed E-state index contributed by atoms with van der Waals surface area (Å²) < 4.78 is 42.8. The van der Waals surface area contributed by atoms with Crippen LogP contribution in [0.25, 0.3) is 0 Å². The van der Waals surface area contributed by atoms with E-state index < -0.39 is 12.7 Å². The highest BCUT2D eigenvalue weighted by atomic mass is 32.2. The lowest BCUT2D eigenvalue weighted by Crippen LogP contribution is -2.36. The Kier molecular flexibility index (Phi) is 6.24. The van der Waals surface area contributed by atoms with Crippen LogP contribution in [0.5, 0.6) is 5.75 Å². The summed E-state index contributed by atoms with van der Waals surface area (Å²) in [5.41, 5.74) is -2.15. The highest BCUT2D eigenvalue weighted by Gasteiger charge is 2.42. The minimum Gasteiger partial charge on any atom is -0.494 e. The number of hydrogen-bond acceptors (Lipinski definition) is 4. The van der Waals surface area contributed by atoms with Gasteiger partial charge >= 0.3 is 13.0 Å². The van der Waals surface area contributed by atoms with Crippen LogP contribution in [-0.2, 0) is 0 Å². The predicted molar refractivity (Wildman–Crippen MR) is 99.3 cm³/mol. The molecule has 2 amide bonds. The van der Waals surface area contributed by atoms with Gasteiger partial charge in [0, 0.05) is 11.0 Å². The first-order valence-electron chi connectivity index (χ1n) is 9.00. The van der Waals surface area contributed by atoms with Crippen LogP contribution in [0, 0.1) is 0 Å². The third kappa shape index (κ3) is 5.12. The highest BCUT2D eigenvalue weighted by molar-refractivity contribution is 8.00. The number of halogens is 3. The van der Waals surface area contributed by atoms with Crippen molar-refractivity contribution in [2.75, 3.05) is 12.4 Å². The van der Waals surface area contributed by atoms with Crippen molar-refractivity contribution < 1.29 is 27.3 Å². The van der Waals surface area contributed by atoms with Crippen LogP contribution in [0.15, 0.2) is 24.3 Å². The third-order valence-corrected chi connectivity index (χ3v) is 6.28. The quantitative estimate of drug-likeness (QED) is 0.378. The number of urea groups is 1. The summed E-state index contributed by atoms with van der Waals surface area (Å²) in [6, 6.07) is 5.45. The minimum absolute atomic E-state index is 0.0762. The van der Waals surface area contributed by atoms with E-state index in [4.69, 9.17) is 4.74 Å². The first kappa shape index (κ1) is 19.9. The summed E-state index contributed by atoms with van der Waals surface area (Å²) in [7, 11) is 0. The van der Waals surface area contributed by atoms with Gasteiger partial charge in [-0.15, -0.1) is 0 Å². The number of thioether (sulfide) groups is 1. The van der Waals surface area contributed by atoms with Crippen molar-refractivity contribution in [2.45, 2.75) is 43.0 Å². The fraction of sp³-hybridized carbons (Fsp3) is 0.529. The van der Waals surface area contributed by atoms with Crippen molar-refractivity contribution in [3.8, 4) is 5.75 Å². The van der Waals surface area contributed by atoms with E-state index in [1.54, 1.807) is 0 Å². The van der Waals surface area contributed by atoms with Gasteiger partial charge in [-0.05, 0) is 30.5 Å². The molecule has 3 rings (SSSR count). The molecule has 27 heavy (non-hydrogen) atoms. The van der Waals surface area contributed by atoms with Crippen molar-refractivity contribution in [2.24, 2.45) is 0 Å². The number of unbranched alkanes of at least 4 members (excludes halogenated alkanes) is 2. The van der Waals surface area contributed by atoms with Gasteiger partial charge in [0.25, 0.3) is 0 Å². The molecule has 0 radical (unpaired) electrons. The topological polar surface area (TPSA) is 67.4 Å². The average molecular weight is 401 g/mol. The lowest BCUT2D eigenvalue weighted by atomic mass is 9.80. The van der Waals surface area contributed by atoms with Crippen molar-refractivity contribution in [3.63, 3.8) is 0 Å². The van der Waals surface area contributed by atoms with Crippen LogP contribution in [-0.4, -0.2) is 48.4 Å². The molecule has 3 atom stereocenters. The van der Waals surface area contributed by atoms with Gasteiger partial charge in [0.1, 0.15) is 11.4 Å². The summed E-state index contributed by atoms with van der Waals surface area (Å²) in [5.74, 6) is 1.40. The maximum absolute atomic E-state index is 12.4. The molecular weight excluding hydrogens is 380 g/mol. The van der Waals surface area contributed by atoms with E-state index in [1.165, 1.54) is 12.1 Å². The molecule has 2 heterocycles. The molecule has 2 saturated heterocycles. The smallest absolute Gasteiger partial charge is 0.494 e. The van der Waals surface area contributed by atoms with Gasteiger partial charge in [-0.2, -0.15) is 11.8 Å². The van der Waals surface area contributed by atoms with E-state index in [0.29, 0.717) is 17.6 Å². The molecule has 0 unspecified atom stereocenters. The molecule has 1 aromatic carbocycles. The zero-order chi connectivity index (χ0) is 19.4. The summed E-state index contributed by atoms with van der Waals surface area (Å²) in [4.78, 5) is 22.5. The predicted octanol–water partition coefficient (Wildman–Crippen LogP) is 3.36. The van der Waals surface area contributed by atoms with Crippen LogP contribution < -0.4 is 15.4 Å². The Morgan fingerprint density at radius 1 is 1.15 bits per heavy atom. The Morgan fingerprint density at radius 3 is 2.59 bits per heavy atom. The fourth-order valence-electron chi connectivity index (χ4n) is 3.36. The first-order chi connectivity index (χ1) is 12.8. The molecular formula is C17H21BF3N2O3S-. The number of nitrogens with one attached hydrogen (secondary N) is 2. The van der Waals surface area contributed by atoms with Crippen LogP contribution in [0.2, 0.25) is 0 Å². The zero-order valence-corrected chi connectivity index (χ0v) is 15.4. The van der Waals surface area contributed by atoms with Crippen molar-refractivity contribution in [3.05, 3.63) is 29.8 Å². The van der Waals surface area contributed by atoms with E-state index in [-0.39, 0.29) is 23.7 Å². The molecule has 0 aromatic heterocycles. The Balaban J connectivity index is 1.31. The molecule has 2 fully saturated rings. The second-order valence-corrected chi connectivity index (χ2v) is 8.06. The fourth-order valence-corrected chi connectivity index (χ4v) is 4.91. The molecule has 1 aromatic rings. The van der Waals surface area contributed by atoms with Gasteiger partial charge in [0.05, 0.1) is 18.7 Å². The molecule has 5 nitrogen and oxygen atoms in total. The van der Waals surface area contributed by atoms with E-state index in [2.05, 4.69) is 10.6 Å². The molecule has 148 valence electrons. The molecule has 0 aliphatic carbocycles. The Morgan fingerprint density at radius 2 is 1.89 bits per heavy atom. The first-order valence-corrected chi connectivity index (χ1v) is 10.0. The average Bonchev–Trinajstić information content (AvgIpc) is 3.16. The lowest BCUT2D eigenvalue weighted by Gasteiger charge is -2.16. The maximum Gasteiger partial charge on any atom is 0.549 e. The summed E-state index contributed by atoms with van der Waals surface area (Å²) in [6.45, 7) is -5.04.